The first-order valence-electron chi connectivity index (χ1n) is 15.5. The summed E-state index contributed by atoms with van der Waals surface area (Å²) in [6, 6.07) is 7.98. The lowest BCUT2D eigenvalue weighted by Crippen LogP contribution is -2.27. The standard InChI is InChI=1S/C32H26ClF6N9O4/c1-17-3-2-4-25(22-11-18(7-8-40-22)28-23(43-29(17)50)14-42-47(28)9-10-52-30(51)32(37,38)39)46-16-41-21(13-27(46)49)20-12-19(33)5-6-24(20)48-15-26(44-45-48)31(34,35)36/h5-8,11-17,25H,2-4,9-10H2,1H3,(H,43,50)/t17-,25+/m1/s1. The van der Waals surface area contributed by atoms with Crippen LogP contribution < -0.4 is 10.9 Å². The van der Waals surface area contributed by atoms with E-state index < -0.39 is 48.1 Å². The Morgan fingerprint density at radius 2 is 1.85 bits per heavy atom. The molecule has 0 aliphatic carbocycles. The maximum atomic E-state index is 13.8. The third-order valence-corrected chi connectivity index (χ3v) is 8.50. The topological polar surface area (TPSA) is 152 Å². The highest BCUT2D eigenvalue weighted by Crippen LogP contribution is 2.34. The number of ether oxygens (including phenoxy) is 1. The van der Waals surface area contributed by atoms with Gasteiger partial charge in [-0.25, -0.2) is 14.5 Å². The Kier molecular flexibility index (Phi) is 9.89. The van der Waals surface area contributed by atoms with Crippen molar-refractivity contribution in [2.24, 2.45) is 5.92 Å². The zero-order chi connectivity index (χ0) is 37.4. The number of alkyl halides is 6. The van der Waals surface area contributed by atoms with Gasteiger partial charge >= 0.3 is 18.3 Å². The first kappa shape index (κ1) is 36.2. The van der Waals surface area contributed by atoms with Crippen LogP contribution in [-0.2, 0) is 27.0 Å². The van der Waals surface area contributed by atoms with Crippen molar-refractivity contribution >= 4 is 29.2 Å². The predicted molar refractivity (Wildman–Crippen MR) is 171 cm³/mol. The molecule has 0 saturated heterocycles. The number of benzene rings is 1. The van der Waals surface area contributed by atoms with Crippen LogP contribution in [0.2, 0.25) is 5.02 Å². The van der Waals surface area contributed by atoms with Gasteiger partial charge in [-0.1, -0.05) is 30.2 Å². The quantitative estimate of drug-likeness (QED) is 0.166. The summed E-state index contributed by atoms with van der Waals surface area (Å²) >= 11 is 6.22. The van der Waals surface area contributed by atoms with E-state index in [-0.39, 0.29) is 40.1 Å². The molecule has 0 saturated carbocycles. The number of carbonyl (C=O) groups excluding carboxylic acids is 2. The number of hydrogen-bond acceptors (Lipinski definition) is 9. The van der Waals surface area contributed by atoms with Crippen LogP contribution in [0, 0.1) is 5.92 Å². The third kappa shape index (κ3) is 7.68. The minimum absolute atomic E-state index is 0.0859. The monoisotopic (exact) mass is 749 g/mol. The number of fused-ring (bicyclic) bond motifs is 4. The van der Waals surface area contributed by atoms with Crippen molar-refractivity contribution in [3.8, 4) is 28.2 Å². The Morgan fingerprint density at radius 1 is 1.06 bits per heavy atom. The van der Waals surface area contributed by atoms with Crippen LogP contribution in [-0.4, -0.2) is 64.0 Å². The molecule has 1 aromatic carbocycles. The third-order valence-electron chi connectivity index (χ3n) is 8.26. The summed E-state index contributed by atoms with van der Waals surface area (Å²) in [7, 11) is 0. The number of halogens is 7. The number of nitrogens with zero attached hydrogens (tertiary/aromatic N) is 8. The maximum Gasteiger partial charge on any atom is 0.490 e. The van der Waals surface area contributed by atoms with Gasteiger partial charge in [0.2, 0.25) is 5.91 Å². The molecule has 4 aromatic heterocycles. The molecule has 1 aliphatic heterocycles. The second kappa shape index (κ2) is 14.2. The van der Waals surface area contributed by atoms with E-state index in [4.69, 9.17) is 11.6 Å². The van der Waals surface area contributed by atoms with Gasteiger partial charge in [0, 0.05) is 34.3 Å². The molecule has 6 rings (SSSR count). The highest BCUT2D eigenvalue weighted by molar-refractivity contribution is 6.31. The van der Waals surface area contributed by atoms with Crippen molar-refractivity contribution in [2.75, 3.05) is 11.9 Å². The van der Waals surface area contributed by atoms with Gasteiger partial charge in [-0.3, -0.25) is 23.8 Å². The van der Waals surface area contributed by atoms with Gasteiger partial charge in [0.05, 0.1) is 59.8 Å². The average molecular weight is 750 g/mol. The lowest BCUT2D eigenvalue weighted by atomic mass is 9.97. The molecule has 1 aliphatic rings. The zero-order valence-electron chi connectivity index (χ0n) is 26.8. The minimum atomic E-state index is -5.18. The molecule has 272 valence electrons. The van der Waals surface area contributed by atoms with E-state index in [2.05, 4.69) is 35.4 Å². The molecule has 1 N–H and O–H groups in total. The first-order chi connectivity index (χ1) is 24.6. The molecule has 20 heteroatoms. The molecular weight excluding hydrogens is 724 g/mol. The van der Waals surface area contributed by atoms with E-state index in [1.165, 1.54) is 52.2 Å². The summed E-state index contributed by atoms with van der Waals surface area (Å²) in [5, 5.41) is 14.0. The van der Waals surface area contributed by atoms with E-state index in [0.29, 0.717) is 42.4 Å². The fourth-order valence-corrected chi connectivity index (χ4v) is 5.86. The van der Waals surface area contributed by atoms with E-state index in [0.717, 1.165) is 4.68 Å². The van der Waals surface area contributed by atoms with E-state index >= 15 is 0 Å². The molecule has 0 fully saturated rings. The molecule has 2 atom stereocenters. The first-order valence-corrected chi connectivity index (χ1v) is 15.9. The zero-order valence-corrected chi connectivity index (χ0v) is 27.6. The molecule has 0 radical (unpaired) electrons. The molecule has 0 spiro atoms. The van der Waals surface area contributed by atoms with Crippen LogP contribution in [0.3, 0.4) is 0 Å². The minimum Gasteiger partial charge on any atom is -0.457 e. The van der Waals surface area contributed by atoms with Gasteiger partial charge in [-0.05, 0) is 43.2 Å². The fourth-order valence-electron chi connectivity index (χ4n) is 5.69. The van der Waals surface area contributed by atoms with Crippen LogP contribution in [0.15, 0.2) is 66.1 Å². The number of aromatic nitrogens is 8. The Hall–Kier alpha value is -5.59. The Morgan fingerprint density at radius 3 is 2.56 bits per heavy atom. The SMILES string of the molecule is C[C@@H]1CCC[C@H](n2cnc(-c3cc(Cl)ccc3-n3cc(C(F)(F)F)nn3)cc2=O)c2cc(ccn2)-c2c(cnn2CCOC(=O)C(F)(F)F)NC1=O. The van der Waals surface area contributed by atoms with E-state index in [9.17, 15) is 40.7 Å². The second-order valence-electron chi connectivity index (χ2n) is 11.8. The largest absolute Gasteiger partial charge is 0.490 e. The van der Waals surface area contributed by atoms with Gasteiger partial charge in [-0.2, -0.15) is 31.4 Å². The van der Waals surface area contributed by atoms with Crippen LogP contribution in [0.4, 0.5) is 32.0 Å². The number of amides is 1. The molecule has 5 aromatic rings. The number of hydrogen-bond donors (Lipinski definition) is 1. The van der Waals surface area contributed by atoms with Crippen molar-refractivity contribution < 1.29 is 40.7 Å². The second-order valence-corrected chi connectivity index (χ2v) is 12.2. The highest BCUT2D eigenvalue weighted by Gasteiger charge is 2.41. The predicted octanol–water partition coefficient (Wildman–Crippen LogP) is 5.88. The fraction of sp³-hybridized carbons (Fsp3) is 0.312. The lowest BCUT2D eigenvalue weighted by molar-refractivity contribution is -0.199. The smallest absolute Gasteiger partial charge is 0.457 e. The van der Waals surface area contributed by atoms with Gasteiger partial charge in [0.25, 0.3) is 5.56 Å². The van der Waals surface area contributed by atoms with Crippen LogP contribution in [0.25, 0.3) is 28.2 Å². The molecule has 52 heavy (non-hydrogen) atoms. The highest BCUT2D eigenvalue weighted by atomic mass is 35.5. The number of nitrogens with one attached hydrogen (secondary N) is 1. The number of esters is 1. The summed E-state index contributed by atoms with van der Waals surface area (Å²) in [5.41, 5.74) is 0.0423. The number of anilines is 1. The van der Waals surface area contributed by atoms with E-state index in [1.54, 1.807) is 19.1 Å². The van der Waals surface area contributed by atoms with Gasteiger partial charge in [0.15, 0.2) is 5.69 Å². The lowest BCUT2D eigenvalue weighted by Gasteiger charge is -2.22. The summed E-state index contributed by atoms with van der Waals surface area (Å²) in [5.74, 6) is -3.19. The normalized spacial score (nSPS) is 16.7. The Bertz CT molecular complexity index is 2200. The molecule has 2 bridgehead atoms. The van der Waals surface area contributed by atoms with Gasteiger partial charge < -0.3 is 10.1 Å². The van der Waals surface area contributed by atoms with E-state index in [1.807, 2.05) is 0 Å². The summed E-state index contributed by atoms with van der Waals surface area (Å²) in [6.45, 7) is 0.762. The number of pyridine rings is 1. The molecule has 5 heterocycles. The van der Waals surface area contributed by atoms with Crippen molar-refractivity contribution in [3.63, 3.8) is 0 Å². The van der Waals surface area contributed by atoms with Crippen LogP contribution in [0.1, 0.15) is 43.6 Å². The molecule has 13 nitrogen and oxygen atoms in total. The van der Waals surface area contributed by atoms with Crippen molar-refractivity contribution in [2.45, 2.75) is 51.1 Å². The Balaban J connectivity index is 1.38. The molecule has 0 unspecified atom stereocenters. The summed E-state index contributed by atoms with van der Waals surface area (Å²) in [6.07, 6.45) is -3.95. The molecular formula is C32H26ClF6N9O4. The maximum absolute atomic E-state index is 13.8. The van der Waals surface area contributed by atoms with Gasteiger partial charge in [-0.15, -0.1) is 5.10 Å². The van der Waals surface area contributed by atoms with Crippen LogP contribution in [0.5, 0.6) is 0 Å². The average Bonchev–Trinajstić information content (AvgIpc) is 3.74. The summed E-state index contributed by atoms with van der Waals surface area (Å²) in [4.78, 5) is 47.2. The number of carbonyl (C=O) groups is 2. The van der Waals surface area contributed by atoms with Crippen LogP contribution >= 0.6 is 11.6 Å². The van der Waals surface area contributed by atoms with Gasteiger partial charge in [0.1, 0.15) is 6.61 Å². The van der Waals surface area contributed by atoms with Crippen molar-refractivity contribution in [3.05, 3.63) is 88.1 Å². The Labute approximate surface area is 294 Å². The molecule has 1 amide bonds. The number of rotatable bonds is 6. The van der Waals surface area contributed by atoms with Crippen molar-refractivity contribution in [1.82, 2.24) is 39.3 Å². The summed E-state index contributed by atoms with van der Waals surface area (Å²) < 4.78 is 85.7. The van der Waals surface area contributed by atoms with Crippen molar-refractivity contribution in [1.29, 1.82) is 0 Å².